The van der Waals surface area contributed by atoms with Crippen LogP contribution in [0.5, 0.6) is 0 Å². The number of Topliss-reactive ketones (excluding diaryl/α,β-unsaturated/α-hetero) is 4. The van der Waals surface area contributed by atoms with Gasteiger partial charge in [0.25, 0.3) is 0 Å². The van der Waals surface area contributed by atoms with E-state index < -0.39 is 0 Å². The molecule has 0 radical (unpaired) electrons. The summed E-state index contributed by atoms with van der Waals surface area (Å²) in [6.45, 7) is 31.9. The minimum absolute atomic E-state index is 0.00240. The van der Waals surface area contributed by atoms with Gasteiger partial charge < -0.3 is 4.74 Å². The average Bonchev–Trinajstić information content (AvgIpc) is 4.12. The molecule has 0 saturated carbocycles. The second-order valence-electron chi connectivity index (χ2n) is 25.0. The van der Waals surface area contributed by atoms with E-state index in [0.29, 0.717) is 23.1 Å². The molecule has 0 bridgehead atoms. The monoisotopic (exact) mass is 1100 g/mol. The Kier molecular flexibility index (Phi) is 24.0. The predicted octanol–water partition coefficient (Wildman–Crippen LogP) is 14.7. The maximum atomic E-state index is 13.0. The Morgan fingerprint density at radius 3 is 0.987 bits per heavy atom. The highest BCUT2D eigenvalue weighted by Gasteiger charge is 2.50. The molecule has 0 spiro atoms. The second-order valence-corrected chi connectivity index (χ2v) is 34.9. The van der Waals surface area contributed by atoms with Gasteiger partial charge in [0.2, 0.25) is 23.1 Å². The van der Waals surface area contributed by atoms with Crippen molar-refractivity contribution in [3.8, 4) is 0 Å². The Balaban J connectivity index is 0.000000186. The van der Waals surface area contributed by atoms with Gasteiger partial charge in [-0.25, -0.2) is 0 Å². The van der Waals surface area contributed by atoms with Crippen LogP contribution in [0.2, 0.25) is 0 Å². The van der Waals surface area contributed by atoms with Crippen molar-refractivity contribution in [1.82, 2.24) is 0 Å². The normalized spacial score (nSPS) is 18.5. The van der Waals surface area contributed by atoms with Gasteiger partial charge in [0.05, 0.1) is 13.2 Å². The van der Waals surface area contributed by atoms with Crippen LogP contribution in [-0.4, -0.2) is 103 Å². The van der Waals surface area contributed by atoms with Crippen LogP contribution in [0.25, 0.3) is 0 Å². The van der Waals surface area contributed by atoms with E-state index in [4.69, 9.17) is 4.74 Å². The van der Waals surface area contributed by atoms with Crippen molar-refractivity contribution in [2.24, 2.45) is 16.2 Å². The van der Waals surface area contributed by atoms with Crippen LogP contribution >= 0.6 is 0 Å². The fraction of sp³-hybridized carbons (Fsp3) is 0.576. The molecule has 4 aliphatic heterocycles. The molecular formula is C66H96O5S4+4. The third-order valence-corrected chi connectivity index (χ3v) is 27.4. The van der Waals surface area contributed by atoms with Gasteiger partial charge in [0.15, 0.2) is 20.5 Å². The molecule has 8 rings (SSSR count). The SMILES string of the molecule is CC(C)(C(=O)c1ccccc1)[S+]1CCCC1.Cc1ccc(C(=O)C([S+]2CCCC2)C(C)(C)C)cc1.Cc1ccc(C(=O)C([S+]2CCCCC2)C(C)(C)C)cc1.Cc1ccc(C(=O)C([S+]2CCOCC2)C(C)(C)C)cc1. The lowest BCUT2D eigenvalue weighted by atomic mass is 9.87. The highest BCUT2D eigenvalue weighted by molar-refractivity contribution is 7.99. The highest BCUT2D eigenvalue weighted by Crippen LogP contribution is 2.36. The topological polar surface area (TPSA) is 77.5 Å². The van der Waals surface area contributed by atoms with E-state index in [0.717, 1.165) is 47.0 Å². The molecule has 5 nitrogen and oxygen atoms in total. The fourth-order valence-electron chi connectivity index (χ4n) is 10.7. The lowest BCUT2D eigenvalue weighted by molar-refractivity contribution is 0.0937. The van der Waals surface area contributed by atoms with Gasteiger partial charge in [-0.15, -0.1) is 0 Å². The summed E-state index contributed by atoms with van der Waals surface area (Å²) in [5.74, 6) is 10.9. The van der Waals surface area contributed by atoms with Crippen LogP contribution in [0, 0.1) is 37.0 Å². The fourth-order valence-corrected chi connectivity index (χ4v) is 22.8. The van der Waals surface area contributed by atoms with Crippen LogP contribution < -0.4 is 0 Å². The number of rotatable bonds is 12. The molecule has 3 atom stereocenters. The number of ketones is 4. The summed E-state index contributed by atoms with van der Waals surface area (Å²) >= 11 is 0. The van der Waals surface area contributed by atoms with E-state index in [-0.39, 0.29) is 80.3 Å². The van der Waals surface area contributed by atoms with E-state index in [2.05, 4.69) is 109 Å². The first-order valence-electron chi connectivity index (χ1n) is 28.0. The quantitative estimate of drug-likeness (QED) is 0.104. The molecule has 0 amide bonds. The van der Waals surface area contributed by atoms with Gasteiger partial charge in [-0.1, -0.05) is 182 Å². The first-order chi connectivity index (χ1) is 35.3. The smallest absolute Gasteiger partial charge is 0.217 e. The van der Waals surface area contributed by atoms with Gasteiger partial charge in [0, 0.05) is 60.3 Å². The van der Waals surface area contributed by atoms with Crippen molar-refractivity contribution in [3.63, 3.8) is 0 Å². The molecule has 3 unspecified atom stereocenters. The molecule has 410 valence electrons. The molecule has 75 heavy (non-hydrogen) atoms. The zero-order chi connectivity index (χ0) is 55.1. The maximum Gasteiger partial charge on any atom is 0.217 e. The standard InChI is InChI=1S/C18H27OS.C17H25O2S.C17H25OS.C14H19OS/c1-14-8-10-15(11-9-14)16(19)17(18(2,3)4)20-12-6-5-7-13-20;1-13-5-7-14(8-6-13)15(18)16(17(2,3)4)20-11-9-19-10-12-20;1-13-7-9-14(10-8-13)15(18)16(17(2,3)4)19-11-5-6-12-19;1-14(2,16-10-6-7-11-16)13(15)12-8-4-3-5-9-12/h8-11,17H,5-7,12-13H2,1-4H3;5-8,16H,9-12H2,1-4H3;7-10,16H,5-6,11-12H2,1-4H3;3-5,8-9H,6-7,10-11H2,1-2H3/q4*+1. The number of benzene rings is 4. The van der Waals surface area contributed by atoms with Crippen LogP contribution in [0.15, 0.2) is 103 Å². The molecule has 0 aliphatic carbocycles. The lowest BCUT2D eigenvalue weighted by Gasteiger charge is -2.31. The molecule has 4 fully saturated rings. The summed E-state index contributed by atoms with van der Waals surface area (Å²) in [6, 6.07) is 33.9. The zero-order valence-corrected chi connectivity index (χ0v) is 52.0. The van der Waals surface area contributed by atoms with Crippen LogP contribution in [0.3, 0.4) is 0 Å². The molecule has 4 aliphatic rings. The summed E-state index contributed by atoms with van der Waals surface area (Å²) in [5, 5.41) is 0.484. The van der Waals surface area contributed by atoms with Gasteiger partial charge in [-0.2, -0.15) is 0 Å². The van der Waals surface area contributed by atoms with E-state index in [1.54, 1.807) is 0 Å². The van der Waals surface area contributed by atoms with Crippen molar-refractivity contribution in [2.45, 2.75) is 162 Å². The largest absolute Gasteiger partial charge is 0.372 e. The molecule has 4 heterocycles. The van der Waals surface area contributed by atoms with Crippen molar-refractivity contribution < 1.29 is 23.9 Å². The van der Waals surface area contributed by atoms with Crippen molar-refractivity contribution in [1.29, 1.82) is 0 Å². The Morgan fingerprint density at radius 1 is 0.373 bits per heavy atom. The minimum Gasteiger partial charge on any atom is -0.372 e. The minimum atomic E-state index is -0.169. The Bertz CT molecular complexity index is 2290. The van der Waals surface area contributed by atoms with Crippen LogP contribution in [0.4, 0.5) is 0 Å². The highest BCUT2D eigenvalue weighted by atomic mass is 32.2. The first kappa shape index (κ1) is 62.8. The molecule has 0 N–H and O–H groups in total. The summed E-state index contributed by atoms with van der Waals surface area (Å²) in [5.41, 5.74) is 7.27. The summed E-state index contributed by atoms with van der Waals surface area (Å²) in [7, 11) is 0.962. The van der Waals surface area contributed by atoms with Crippen LogP contribution in [0.1, 0.15) is 179 Å². The number of hydrogen-bond donors (Lipinski definition) is 0. The Labute approximate surface area is 467 Å². The molecule has 4 saturated heterocycles. The van der Waals surface area contributed by atoms with E-state index in [1.807, 2.05) is 91.0 Å². The Morgan fingerprint density at radius 2 is 0.667 bits per heavy atom. The molecule has 0 aromatic heterocycles. The second kappa shape index (κ2) is 28.7. The third-order valence-electron chi connectivity index (χ3n) is 14.8. The molecular weight excluding hydrogens is 1000 g/mol. The van der Waals surface area contributed by atoms with Gasteiger partial charge in [-0.05, 0) is 101 Å². The third kappa shape index (κ3) is 18.5. The molecule has 9 heteroatoms. The average molecular weight is 1100 g/mol. The number of carbonyl (C=O) groups is 4. The molecule has 4 aromatic rings. The predicted molar refractivity (Wildman–Crippen MR) is 333 cm³/mol. The molecule has 4 aromatic carbocycles. The first-order valence-corrected chi connectivity index (χ1v) is 34.4. The van der Waals surface area contributed by atoms with Gasteiger partial charge in [0.1, 0.15) is 46.0 Å². The van der Waals surface area contributed by atoms with Gasteiger partial charge >= 0.3 is 0 Å². The number of carbonyl (C=O) groups excluding carboxylic acids is 4. The van der Waals surface area contributed by atoms with Crippen molar-refractivity contribution in [2.75, 3.05) is 59.2 Å². The van der Waals surface area contributed by atoms with E-state index in [1.165, 1.54) is 96.2 Å². The van der Waals surface area contributed by atoms with Crippen LogP contribution in [-0.2, 0) is 48.3 Å². The van der Waals surface area contributed by atoms with Crippen molar-refractivity contribution in [3.05, 3.63) is 142 Å². The van der Waals surface area contributed by atoms with Gasteiger partial charge in [-0.3, -0.25) is 19.2 Å². The number of ether oxygens (including phenoxy) is 1. The Hall–Kier alpha value is -3.08. The summed E-state index contributed by atoms with van der Waals surface area (Å²) in [4.78, 5) is 51.3. The summed E-state index contributed by atoms with van der Waals surface area (Å²) in [6.07, 6.45) is 9.16. The summed E-state index contributed by atoms with van der Waals surface area (Å²) < 4.78 is 5.29. The lowest BCUT2D eigenvalue weighted by Crippen LogP contribution is -2.47. The van der Waals surface area contributed by atoms with Crippen molar-refractivity contribution >= 4 is 66.7 Å². The number of aryl methyl sites for hydroxylation is 3. The zero-order valence-electron chi connectivity index (χ0n) is 48.7. The maximum absolute atomic E-state index is 13.0. The van der Waals surface area contributed by atoms with E-state index in [9.17, 15) is 19.2 Å². The number of hydrogen-bond acceptors (Lipinski definition) is 5. The van der Waals surface area contributed by atoms with E-state index >= 15 is 0 Å².